The number of amides is 2. The van der Waals surface area contributed by atoms with Crippen molar-refractivity contribution in [2.45, 2.75) is 64.1 Å². The minimum Gasteiger partial charge on any atom is -0.467 e. The van der Waals surface area contributed by atoms with Crippen LogP contribution in [0, 0.1) is 6.92 Å². The standard InChI is InChI=1S/C28H31N3O4/c1-19-13-14-25(35-19)27(28(33)30-21-8-3-2-4-9-21)31(18-22-10-7-15-34-22)26(32)16-20-17-29-24-12-6-5-11-23(20)24/h5-7,10-15,17,21,27,29H,2-4,8-9,16,18H2,1H3,(H,30,33)/t27-/m0/s1. The fourth-order valence-corrected chi connectivity index (χ4v) is 4.99. The number of nitrogens with zero attached hydrogens (tertiary/aromatic N) is 1. The highest BCUT2D eigenvalue weighted by molar-refractivity contribution is 5.92. The van der Waals surface area contributed by atoms with E-state index in [1.54, 1.807) is 23.3 Å². The van der Waals surface area contributed by atoms with Crippen LogP contribution in [0.4, 0.5) is 0 Å². The van der Waals surface area contributed by atoms with E-state index in [4.69, 9.17) is 8.83 Å². The van der Waals surface area contributed by atoms with Gasteiger partial charge in [-0.05, 0) is 55.7 Å². The first-order chi connectivity index (χ1) is 17.1. The van der Waals surface area contributed by atoms with Crippen molar-refractivity contribution in [3.05, 3.63) is 83.8 Å². The van der Waals surface area contributed by atoms with Crippen LogP contribution < -0.4 is 5.32 Å². The lowest BCUT2D eigenvalue weighted by Gasteiger charge is -2.31. The van der Waals surface area contributed by atoms with E-state index in [-0.39, 0.29) is 30.8 Å². The molecular weight excluding hydrogens is 442 g/mol. The molecule has 0 spiro atoms. The third-order valence-corrected chi connectivity index (χ3v) is 6.79. The summed E-state index contributed by atoms with van der Waals surface area (Å²) in [5.74, 6) is 1.36. The molecule has 3 heterocycles. The molecule has 35 heavy (non-hydrogen) atoms. The Morgan fingerprint density at radius 1 is 1.09 bits per heavy atom. The van der Waals surface area contributed by atoms with E-state index in [0.717, 1.165) is 42.1 Å². The molecule has 3 aromatic heterocycles. The highest BCUT2D eigenvalue weighted by Gasteiger charge is 2.35. The fraction of sp³-hybridized carbons (Fsp3) is 0.357. The van der Waals surface area contributed by atoms with Gasteiger partial charge in [-0.1, -0.05) is 37.5 Å². The summed E-state index contributed by atoms with van der Waals surface area (Å²) in [6, 6.07) is 14.3. The molecule has 2 amide bonds. The van der Waals surface area contributed by atoms with Crippen molar-refractivity contribution in [1.82, 2.24) is 15.2 Å². The van der Waals surface area contributed by atoms with E-state index in [2.05, 4.69) is 10.3 Å². The van der Waals surface area contributed by atoms with Crippen molar-refractivity contribution in [2.75, 3.05) is 0 Å². The van der Waals surface area contributed by atoms with Gasteiger partial charge in [0.05, 0.1) is 19.2 Å². The van der Waals surface area contributed by atoms with Crippen molar-refractivity contribution in [3.8, 4) is 0 Å². The molecule has 4 aromatic rings. The second-order valence-corrected chi connectivity index (χ2v) is 9.33. The van der Waals surface area contributed by atoms with Gasteiger partial charge in [-0.2, -0.15) is 0 Å². The maximum Gasteiger partial charge on any atom is 0.250 e. The van der Waals surface area contributed by atoms with Crippen LogP contribution in [-0.4, -0.2) is 27.7 Å². The lowest BCUT2D eigenvalue weighted by Crippen LogP contribution is -2.47. The molecule has 1 atom stereocenters. The summed E-state index contributed by atoms with van der Waals surface area (Å²) in [5.41, 5.74) is 1.86. The van der Waals surface area contributed by atoms with Crippen LogP contribution in [0.1, 0.15) is 61.0 Å². The van der Waals surface area contributed by atoms with E-state index in [9.17, 15) is 9.59 Å². The van der Waals surface area contributed by atoms with Gasteiger partial charge in [0, 0.05) is 23.1 Å². The molecule has 5 rings (SSSR count). The Bertz CT molecular complexity index is 1280. The van der Waals surface area contributed by atoms with Crippen molar-refractivity contribution in [3.63, 3.8) is 0 Å². The van der Waals surface area contributed by atoms with Crippen LogP contribution in [0.15, 0.2) is 69.8 Å². The Morgan fingerprint density at radius 2 is 1.91 bits per heavy atom. The number of fused-ring (bicyclic) bond motifs is 1. The second kappa shape index (κ2) is 10.3. The van der Waals surface area contributed by atoms with E-state index < -0.39 is 6.04 Å². The van der Waals surface area contributed by atoms with Gasteiger partial charge in [0.2, 0.25) is 5.91 Å². The molecule has 1 fully saturated rings. The normalized spacial score (nSPS) is 15.2. The van der Waals surface area contributed by atoms with Gasteiger partial charge in [0.25, 0.3) is 5.91 Å². The topological polar surface area (TPSA) is 91.5 Å². The molecule has 1 saturated carbocycles. The summed E-state index contributed by atoms with van der Waals surface area (Å²) < 4.78 is 11.5. The second-order valence-electron chi connectivity index (χ2n) is 9.33. The number of rotatable bonds is 8. The third-order valence-electron chi connectivity index (χ3n) is 6.79. The minimum atomic E-state index is -0.895. The molecule has 0 radical (unpaired) electrons. The summed E-state index contributed by atoms with van der Waals surface area (Å²) in [6.07, 6.45) is 8.90. The van der Waals surface area contributed by atoms with Gasteiger partial charge in [-0.3, -0.25) is 9.59 Å². The van der Waals surface area contributed by atoms with Crippen LogP contribution in [0.2, 0.25) is 0 Å². The molecule has 1 aliphatic rings. The van der Waals surface area contributed by atoms with Gasteiger partial charge < -0.3 is 24.0 Å². The minimum absolute atomic E-state index is 0.115. The van der Waals surface area contributed by atoms with E-state index in [1.807, 2.05) is 49.5 Å². The van der Waals surface area contributed by atoms with Gasteiger partial charge in [-0.25, -0.2) is 0 Å². The summed E-state index contributed by atoms with van der Waals surface area (Å²) >= 11 is 0. The zero-order chi connectivity index (χ0) is 24.2. The molecule has 7 nitrogen and oxygen atoms in total. The van der Waals surface area contributed by atoms with E-state index in [1.165, 1.54) is 6.42 Å². The largest absolute Gasteiger partial charge is 0.467 e. The number of aromatic nitrogens is 1. The molecule has 0 aliphatic heterocycles. The number of nitrogens with one attached hydrogen (secondary N) is 2. The van der Waals surface area contributed by atoms with Crippen LogP contribution in [0.5, 0.6) is 0 Å². The molecule has 0 saturated heterocycles. The number of H-pyrrole nitrogens is 1. The smallest absolute Gasteiger partial charge is 0.250 e. The highest BCUT2D eigenvalue weighted by Crippen LogP contribution is 2.29. The third kappa shape index (κ3) is 5.19. The van der Waals surface area contributed by atoms with E-state index in [0.29, 0.717) is 17.3 Å². The number of hydrogen-bond donors (Lipinski definition) is 2. The molecule has 1 aliphatic carbocycles. The number of carbonyl (C=O) groups is 2. The highest BCUT2D eigenvalue weighted by atomic mass is 16.3. The van der Waals surface area contributed by atoms with Crippen molar-refractivity contribution in [1.29, 1.82) is 0 Å². The summed E-state index contributed by atoms with van der Waals surface area (Å²) in [6.45, 7) is 2.00. The molecule has 182 valence electrons. The molecule has 0 bridgehead atoms. The zero-order valence-electron chi connectivity index (χ0n) is 20.0. The fourth-order valence-electron chi connectivity index (χ4n) is 4.99. The van der Waals surface area contributed by atoms with Crippen LogP contribution in [-0.2, 0) is 22.6 Å². The molecular formula is C28H31N3O4. The van der Waals surface area contributed by atoms with Gasteiger partial charge >= 0.3 is 0 Å². The Balaban J connectivity index is 1.48. The quantitative estimate of drug-likeness (QED) is 0.357. The van der Waals surface area contributed by atoms with Crippen LogP contribution in [0.3, 0.4) is 0 Å². The van der Waals surface area contributed by atoms with Gasteiger partial charge in [0.1, 0.15) is 17.3 Å². The number of carbonyl (C=O) groups excluding carboxylic acids is 2. The predicted octanol–water partition coefficient (Wildman–Crippen LogP) is 5.42. The number of aromatic amines is 1. The van der Waals surface area contributed by atoms with E-state index >= 15 is 0 Å². The number of benzene rings is 1. The van der Waals surface area contributed by atoms with Crippen molar-refractivity contribution in [2.24, 2.45) is 0 Å². The molecule has 7 heteroatoms. The Labute approximate surface area is 204 Å². The van der Waals surface area contributed by atoms with Crippen LogP contribution >= 0.6 is 0 Å². The number of aryl methyl sites for hydroxylation is 1. The summed E-state index contributed by atoms with van der Waals surface area (Å²) in [5, 5.41) is 4.20. The maximum absolute atomic E-state index is 13.8. The maximum atomic E-state index is 13.8. The predicted molar refractivity (Wildman–Crippen MR) is 132 cm³/mol. The zero-order valence-corrected chi connectivity index (χ0v) is 20.0. The number of para-hydroxylation sites is 1. The lowest BCUT2D eigenvalue weighted by molar-refractivity contribution is -0.142. The first kappa shape index (κ1) is 23.0. The molecule has 2 N–H and O–H groups in total. The Kier molecular flexibility index (Phi) is 6.75. The summed E-state index contributed by atoms with van der Waals surface area (Å²) in [4.78, 5) is 32.4. The first-order valence-corrected chi connectivity index (χ1v) is 12.3. The van der Waals surface area contributed by atoms with Gasteiger partial charge in [0.15, 0.2) is 6.04 Å². The average molecular weight is 474 g/mol. The van der Waals surface area contributed by atoms with Gasteiger partial charge in [-0.15, -0.1) is 0 Å². The average Bonchev–Trinajstić information content (AvgIpc) is 3.62. The van der Waals surface area contributed by atoms with Crippen molar-refractivity contribution < 1.29 is 18.4 Å². The monoisotopic (exact) mass is 473 g/mol. The van der Waals surface area contributed by atoms with Crippen LogP contribution in [0.25, 0.3) is 10.9 Å². The lowest BCUT2D eigenvalue weighted by atomic mass is 9.95. The molecule has 0 unspecified atom stereocenters. The molecule has 1 aromatic carbocycles. The SMILES string of the molecule is Cc1ccc([C@@H](C(=O)NC2CCCCC2)N(Cc2ccco2)C(=O)Cc2c[nH]c3ccccc23)o1. The first-order valence-electron chi connectivity index (χ1n) is 12.3. The Morgan fingerprint density at radius 3 is 2.66 bits per heavy atom. The number of furan rings is 2. The Hall–Kier alpha value is -3.74. The van der Waals surface area contributed by atoms with Crippen molar-refractivity contribution >= 4 is 22.7 Å². The number of hydrogen-bond acceptors (Lipinski definition) is 4. The summed E-state index contributed by atoms with van der Waals surface area (Å²) in [7, 11) is 0.